The molecule has 0 N–H and O–H groups in total. The summed E-state index contributed by atoms with van der Waals surface area (Å²) in [5.41, 5.74) is 0. The van der Waals surface area contributed by atoms with Crippen molar-refractivity contribution in [3.63, 3.8) is 0 Å². The number of carbonyl (C=O) groups is 2. The van der Waals surface area contributed by atoms with Crippen LogP contribution in [0.25, 0.3) is 0 Å². The molecule has 0 atom stereocenters. The lowest BCUT2D eigenvalue weighted by Gasteiger charge is -2.38. The zero-order chi connectivity index (χ0) is 13.7. The van der Waals surface area contributed by atoms with Crippen molar-refractivity contribution in [2.45, 2.75) is 19.8 Å². The number of hydrogen-bond acceptors (Lipinski definition) is 3. The molecule has 2 rings (SSSR count). The Morgan fingerprint density at radius 1 is 0.947 bits per heavy atom. The van der Waals surface area contributed by atoms with E-state index in [2.05, 4.69) is 6.42 Å². The van der Waals surface area contributed by atoms with E-state index in [-0.39, 0.29) is 12.1 Å². The third kappa shape index (κ3) is 3.52. The molecule has 6 heteroatoms. The molecule has 0 unspecified atom stereocenters. The Hall–Kier alpha value is -1.46. The van der Waals surface area contributed by atoms with Crippen molar-refractivity contribution in [3.8, 4) is 0 Å². The highest BCUT2D eigenvalue weighted by Gasteiger charge is 2.28. The van der Waals surface area contributed by atoms with Gasteiger partial charge in [-0.05, 0) is 26.2 Å². The fourth-order valence-electron chi connectivity index (χ4n) is 2.44. The van der Waals surface area contributed by atoms with Gasteiger partial charge in [-0.15, -0.1) is 0 Å². The molecule has 1 radical (unpaired) electrons. The lowest BCUT2D eigenvalue weighted by molar-refractivity contribution is 0.0779. The zero-order valence-corrected chi connectivity index (χ0v) is 11.5. The zero-order valence-electron chi connectivity index (χ0n) is 11.5. The van der Waals surface area contributed by atoms with Gasteiger partial charge in [-0.2, -0.15) is 0 Å². The van der Waals surface area contributed by atoms with Gasteiger partial charge in [0.2, 0.25) is 0 Å². The number of ether oxygens (including phenoxy) is 1. The third-order valence-corrected chi connectivity index (χ3v) is 3.55. The molecule has 2 saturated heterocycles. The van der Waals surface area contributed by atoms with E-state index in [0.717, 1.165) is 25.9 Å². The van der Waals surface area contributed by atoms with Crippen molar-refractivity contribution in [3.05, 3.63) is 6.42 Å². The highest BCUT2D eigenvalue weighted by atomic mass is 16.6. The normalized spacial score (nSPS) is 20.4. The summed E-state index contributed by atoms with van der Waals surface area (Å²) < 4.78 is 4.96. The molecule has 0 bridgehead atoms. The SMILES string of the molecule is CCOC(=O)N1CCN(C(=O)N2CC[CH]CC2)CC1. The first kappa shape index (κ1) is 14.0. The van der Waals surface area contributed by atoms with E-state index in [4.69, 9.17) is 4.74 Å². The van der Waals surface area contributed by atoms with Crippen LogP contribution in [0.1, 0.15) is 19.8 Å². The fraction of sp³-hybridized carbons (Fsp3) is 0.769. The van der Waals surface area contributed by atoms with Gasteiger partial charge in [-0.3, -0.25) is 0 Å². The standard InChI is InChI=1S/C13H22N3O3/c1-2-19-13(18)16-10-8-15(9-11-16)12(17)14-6-4-3-5-7-14/h3H,2,4-11H2,1H3. The number of urea groups is 1. The number of nitrogens with zero attached hydrogens (tertiary/aromatic N) is 3. The van der Waals surface area contributed by atoms with Gasteiger partial charge in [0.25, 0.3) is 0 Å². The molecule has 3 amide bonds. The minimum Gasteiger partial charge on any atom is -0.450 e. The van der Waals surface area contributed by atoms with Crippen molar-refractivity contribution in [1.82, 2.24) is 14.7 Å². The van der Waals surface area contributed by atoms with E-state index >= 15 is 0 Å². The largest absolute Gasteiger partial charge is 0.450 e. The lowest BCUT2D eigenvalue weighted by Crippen LogP contribution is -2.54. The molecule has 2 fully saturated rings. The Morgan fingerprint density at radius 2 is 1.47 bits per heavy atom. The second kappa shape index (κ2) is 6.63. The Bertz CT molecular complexity index is 321. The fourth-order valence-corrected chi connectivity index (χ4v) is 2.44. The molecule has 2 heterocycles. The average molecular weight is 268 g/mol. The highest BCUT2D eigenvalue weighted by molar-refractivity contribution is 5.75. The highest BCUT2D eigenvalue weighted by Crippen LogP contribution is 2.12. The summed E-state index contributed by atoms with van der Waals surface area (Å²) in [5, 5.41) is 0. The van der Waals surface area contributed by atoms with Crippen molar-refractivity contribution in [2.24, 2.45) is 0 Å². The maximum atomic E-state index is 12.3. The summed E-state index contributed by atoms with van der Waals surface area (Å²) in [6.45, 7) is 6.13. The lowest BCUT2D eigenvalue weighted by atomic mass is 10.1. The van der Waals surface area contributed by atoms with Crippen LogP contribution in [0, 0.1) is 6.42 Å². The summed E-state index contributed by atoms with van der Waals surface area (Å²) in [5.74, 6) is 0. The van der Waals surface area contributed by atoms with E-state index in [1.807, 2.05) is 9.80 Å². The predicted octanol–water partition coefficient (Wildman–Crippen LogP) is 1.18. The van der Waals surface area contributed by atoms with Gasteiger partial charge in [0.15, 0.2) is 0 Å². The first-order valence-corrected chi connectivity index (χ1v) is 6.99. The van der Waals surface area contributed by atoms with E-state index in [1.54, 1.807) is 11.8 Å². The summed E-state index contributed by atoms with van der Waals surface area (Å²) in [7, 11) is 0. The molecule has 0 aromatic rings. The van der Waals surface area contributed by atoms with Crippen LogP contribution >= 0.6 is 0 Å². The van der Waals surface area contributed by atoms with Gasteiger partial charge in [0, 0.05) is 39.3 Å². The molecule has 6 nitrogen and oxygen atoms in total. The number of likely N-dealkylation sites (tertiary alicyclic amines) is 1. The summed E-state index contributed by atoms with van der Waals surface area (Å²) in [6.07, 6.45) is 3.91. The van der Waals surface area contributed by atoms with E-state index < -0.39 is 0 Å². The molecule has 0 saturated carbocycles. The van der Waals surface area contributed by atoms with Gasteiger partial charge in [-0.1, -0.05) is 0 Å². The van der Waals surface area contributed by atoms with Gasteiger partial charge in [0.05, 0.1) is 6.61 Å². The van der Waals surface area contributed by atoms with Gasteiger partial charge in [0.1, 0.15) is 0 Å². The number of piperazine rings is 1. The molecule has 0 aromatic carbocycles. The van der Waals surface area contributed by atoms with Crippen LogP contribution in [0.3, 0.4) is 0 Å². The van der Waals surface area contributed by atoms with Gasteiger partial charge < -0.3 is 19.4 Å². The van der Waals surface area contributed by atoms with Gasteiger partial charge in [-0.25, -0.2) is 9.59 Å². The number of hydrogen-bond donors (Lipinski definition) is 0. The molecule has 107 valence electrons. The average Bonchev–Trinajstić information content (AvgIpc) is 2.48. The van der Waals surface area contributed by atoms with E-state index in [0.29, 0.717) is 32.8 Å². The molecular formula is C13H22N3O3. The minimum atomic E-state index is -0.276. The monoisotopic (exact) mass is 268 g/mol. The van der Waals surface area contributed by atoms with E-state index in [1.165, 1.54) is 0 Å². The van der Waals surface area contributed by atoms with Crippen LogP contribution in [-0.4, -0.2) is 72.7 Å². The second-order valence-corrected chi connectivity index (χ2v) is 4.81. The molecule has 2 aliphatic heterocycles. The summed E-state index contributed by atoms with van der Waals surface area (Å²) in [6, 6.07) is 0.108. The Balaban J connectivity index is 1.79. The van der Waals surface area contributed by atoms with Crippen molar-refractivity contribution >= 4 is 12.1 Å². The molecule has 19 heavy (non-hydrogen) atoms. The molecule has 2 aliphatic rings. The molecule has 0 aromatic heterocycles. The number of amides is 3. The molecule has 0 aliphatic carbocycles. The quantitative estimate of drug-likeness (QED) is 0.717. The third-order valence-electron chi connectivity index (χ3n) is 3.55. The van der Waals surface area contributed by atoms with Crippen molar-refractivity contribution in [2.75, 3.05) is 45.9 Å². The maximum Gasteiger partial charge on any atom is 0.409 e. The number of rotatable bonds is 1. The smallest absolute Gasteiger partial charge is 0.409 e. The Labute approximate surface area is 114 Å². The first-order chi connectivity index (χ1) is 9.22. The summed E-state index contributed by atoms with van der Waals surface area (Å²) >= 11 is 0. The van der Waals surface area contributed by atoms with Crippen LogP contribution in [0.15, 0.2) is 0 Å². The van der Waals surface area contributed by atoms with Gasteiger partial charge >= 0.3 is 12.1 Å². The van der Waals surface area contributed by atoms with Crippen molar-refractivity contribution < 1.29 is 14.3 Å². The summed E-state index contributed by atoms with van der Waals surface area (Å²) in [4.78, 5) is 29.2. The molecular weight excluding hydrogens is 246 g/mol. The maximum absolute atomic E-state index is 12.3. The van der Waals surface area contributed by atoms with Crippen LogP contribution in [0.5, 0.6) is 0 Å². The molecule has 0 spiro atoms. The van der Waals surface area contributed by atoms with Crippen LogP contribution in [-0.2, 0) is 4.74 Å². The van der Waals surface area contributed by atoms with E-state index in [9.17, 15) is 9.59 Å². The first-order valence-electron chi connectivity index (χ1n) is 6.99. The van der Waals surface area contributed by atoms with Crippen LogP contribution in [0.4, 0.5) is 9.59 Å². The minimum absolute atomic E-state index is 0.108. The Kier molecular flexibility index (Phi) is 4.87. The Morgan fingerprint density at radius 3 is 2.05 bits per heavy atom. The second-order valence-electron chi connectivity index (χ2n) is 4.81. The van der Waals surface area contributed by atoms with Crippen molar-refractivity contribution in [1.29, 1.82) is 0 Å². The predicted molar refractivity (Wildman–Crippen MR) is 70.7 cm³/mol. The number of carbonyl (C=O) groups excluding carboxylic acids is 2. The number of piperidine rings is 1. The van der Waals surface area contributed by atoms with Crippen LogP contribution < -0.4 is 0 Å². The topological polar surface area (TPSA) is 53.1 Å². The van der Waals surface area contributed by atoms with Crippen LogP contribution in [0.2, 0.25) is 0 Å².